The number of aliphatic hydroxyl groups is 4. The smallest absolute Gasteiger partial charge is 0.251 e. The molecule has 0 radical (unpaired) electrons. The van der Waals surface area contributed by atoms with Crippen LogP contribution in [0.25, 0.3) is 0 Å². The molecule has 0 spiro atoms. The largest absolute Gasteiger partial charge is 0.394 e. The van der Waals surface area contributed by atoms with Gasteiger partial charge in [-0.2, -0.15) is 0 Å². The van der Waals surface area contributed by atoms with Crippen LogP contribution in [0.5, 0.6) is 0 Å². The van der Waals surface area contributed by atoms with Crippen molar-refractivity contribution in [3.05, 3.63) is 29.3 Å². The lowest BCUT2D eigenvalue weighted by molar-refractivity contribution is -0.254. The molecule has 23 heavy (non-hydrogen) atoms. The van der Waals surface area contributed by atoms with Gasteiger partial charge in [-0.25, -0.2) is 0 Å². The van der Waals surface area contributed by atoms with Crippen LogP contribution in [-0.4, -0.2) is 70.8 Å². The number of hydrogen-bond acceptors (Lipinski definition) is 6. The van der Waals surface area contributed by atoms with E-state index in [0.717, 1.165) is 0 Å². The number of benzene rings is 1. The third kappa shape index (κ3) is 6.30. The topological polar surface area (TPSA) is 167 Å². The Bertz CT molecular complexity index is 507. The van der Waals surface area contributed by atoms with Crippen molar-refractivity contribution in [2.24, 2.45) is 0 Å². The zero-order chi connectivity index (χ0) is 17.4. The fraction of sp³-hybridized carbons (Fsp3) is 0.429. The Morgan fingerprint density at radius 2 is 1.30 bits per heavy atom. The first kappa shape index (κ1) is 19.0. The molecule has 2 atom stereocenters. The molecule has 2 amide bonds. The van der Waals surface area contributed by atoms with Crippen molar-refractivity contribution in [3.63, 3.8) is 0 Å². The Labute approximate surface area is 132 Å². The van der Waals surface area contributed by atoms with Gasteiger partial charge in [0, 0.05) is 36.3 Å². The Kier molecular flexibility index (Phi) is 7.59. The Morgan fingerprint density at radius 3 is 1.65 bits per heavy atom. The summed E-state index contributed by atoms with van der Waals surface area (Å²) in [5.74, 6) is -1.04. The first-order valence-corrected chi connectivity index (χ1v) is 6.98. The van der Waals surface area contributed by atoms with E-state index in [1.54, 1.807) is 0 Å². The monoisotopic (exact) mass is 328 g/mol. The SMILES string of the molecule is [NH3+]c1cc(C(=O)NCC(O)CO)cc(C(=O)NCC(O)CO)c1. The molecular formula is C14H22N3O6+. The fourth-order valence-electron chi connectivity index (χ4n) is 1.71. The van der Waals surface area contributed by atoms with Gasteiger partial charge in [-0.15, -0.1) is 0 Å². The molecule has 0 fully saturated rings. The second-order valence-electron chi connectivity index (χ2n) is 5.01. The van der Waals surface area contributed by atoms with Crippen LogP contribution in [0.15, 0.2) is 18.2 Å². The molecule has 128 valence electrons. The van der Waals surface area contributed by atoms with Gasteiger partial charge >= 0.3 is 0 Å². The first-order valence-electron chi connectivity index (χ1n) is 6.98. The minimum Gasteiger partial charge on any atom is -0.394 e. The summed E-state index contributed by atoms with van der Waals surface area (Å²) in [5, 5.41) is 40.7. The predicted molar refractivity (Wildman–Crippen MR) is 79.8 cm³/mol. The van der Waals surface area contributed by atoms with Crippen LogP contribution >= 0.6 is 0 Å². The van der Waals surface area contributed by atoms with Gasteiger partial charge in [-0.1, -0.05) is 0 Å². The molecule has 0 aliphatic carbocycles. The first-order chi connectivity index (χ1) is 10.9. The maximum Gasteiger partial charge on any atom is 0.251 e. The Hall–Kier alpha value is -2.04. The van der Waals surface area contributed by atoms with E-state index in [4.69, 9.17) is 10.2 Å². The van der Waals surface area contributed by atoms with Crippen LogP contribution in [0, 0.1) is 0 Å². The number of carbonyl (C=O) groups excluding carboxylic acids is 2. The number of quaternary nitrogens is 1. The van der Waals surface area contributed by atoms with E-state index < -0.39 is 37.2 Å². The van der Waals surface area contributed by atoms with Gasteiger partial charge in [0.1, 0.15) is 5.69 Å². The number of rotatable bonds is 8. The number of aliphatic hydroxyl groups excluding tert-OH is 4. The van der Waals surface area contributed by atoms with Crippen molar-refractivity contribution in [2.45, 2.75) is 12.2 Å². The van der Waals surface area contributed by atoms with Crippen LogP contribution in [0.4, 0.5) is 5.69 Å². The number of hydrogen-bond donors (Lipinski definition) is 7. The highest BCUT2D eigenvalue weighted by molar-refractivity contribution is 6.00. The van der Waals surface area contributed by atoms with Crippen LogP contribution in [0.3, 0.4) is 0 Å². The lowest BCUT2D eigenvalue weighted by atomic mass is 10.1. The van der Waals surface area contributed by atoms with E-state index in [0.29, 0.717) is 5.69 Å². The summed E-state index contributed by atoms with van der Waals surface area (Å²) in [4.78, 5) is 23.9. The summed E-state index contributed by atoms with van der Waals surface area (Å²) in [7, 11) is 0. The van der Waals surface area contributed by atoms with Crippen LogP contribution in [0.2, 0.25) is 0 Å². The van der Waals surface area contributed by atoms with E-state index >= 15 is 0 Å². The lowest BCUT2D eigenvalue weighted by Gasteiger charge is -2.11. The van der Waals surface area contributed by atoms with E-state index in [-0.39, 0.29) is 24.2 Å². The van der Waals surface area contributed by atoms with Crippen LogP contribution in [-0.2, 0) is 0 Å². The summed E-state index contributed by atoms with van der Waals surface area (Å²) in [6.45, 7) is -1.20. The predicted octanol–water partition coefficient (Wildman–Crippen LogP) is -3.27. The van der Waals surface area contributed by atoms with Crippen molar-refractivity contribution in [2.75, 3.05) is 26.3 Å². The average molecular weight is 328 g/mol. The fourth-order valence-corrected chi connectivity index (χ4v) is 1.71. The van der Waals surface area contributed by atoms with E-state index in [2.05, 4.69) is 16.4 Å². The van der Waals surface area contributed by atoms with Crippen LogP contribution < -0.4 is 16.4 Å². The molecule has 0 saturated carbocycles. The van der Waals surface area contributed by atoms with Crippen molar-refractivity contribution < 1.29 is 35.7 Å². The number of carbonyl (C=O) groups is 2. The summed E-state index contributed by atoms with van der Waals surface area (Å²) in [6.07, 6.45) is -2.13. The number of nitrogens with one attached hydrogen (secondary N) is 2. The van der Waals surface area contributed by atoms with Gasteiger partial charge in [-0.3, -0.25) is 9.59 Å². The molecule has 9 heteroatoms. The minimum atomic E-state index is -1.07. The third-order valence-electron chi connectivity index (χ3n) is 2.94. The quantitative estimate of drug-likeness (QED) is 0.264. The van der Waals surface area contributed by atoms with Gasteiger partial charge in [0.05, 0.1) is 25.4 Å². The highest BCUT2D eigenvalue weighted by atomic mass is 16.3. The molecule has 0 aromatic heterocycles. The third-order valence-corrected chi connectivity index (χ3v) is 2.94. The van der Waals surface area contributed by atoms with Crippen molar-refractivity contribution in [3.8, 4) is 0 Å². The molecular weight excluding hydrogens is 306 g/mol. The maximum atomic E-state index is 12.0. The summed E-state index contributed by atoms with van der Waals surface area (Å²) in [5.41, 5.74) is 4.48. The summed E-state index contributed by atoms with van der Waals surface area (Å²) < 4.78 is 0. The van der Waals surface area contributed by atoms with Gasteiger partial charge in [0.15, 0.2) is 0 Å². The lowest BCUT2D eigenvalue weighted by Crippen LogP contribution is -2.41. The normalized spacial score (nSPS) is 13.3. The molecule has 0 heterocycles. The molecule has 0 bridgehead atoms. The average Bonchev–Trinajstić information content (AvgIpc) is 2.55. The molecule has 0 saturated heterocycles. The van der Waals surface area contributed by atoms with Crippen molar-refractivity contribution in [1.29, 1.82) is 0 Å². The van der Waals surface area contributed by atoms with Crippen LogP contribution in [0.1, 0.15) is 20.7 Å². The molecule has 9 nitrogen and oxygen atoms in total. The Morgan fingerprint density at radius 1 is 0.913 bits per heavy atom. The molecule has 0 aliphatic heterocycles. The molecule has 1 rings (SSSR count). The van der Waals surface area contributed by atoms with Crippen molar-refractivity contribution in [1.82, 2.24) is 10.6 Å². The molecule has 0 aliphatic rings. The highest BCUT2D eigenvalue weighted by Gasteiger charge is 2.15. The zero-order valence-corrected chi connectivity index (χ0v) is 12.5. The van der Waals surface area contributed by atoms with Gasteiger partial charge in [0.2, 0.25) is 0 Å². The van der Waals surface area contributed by atoms with Gasteiger partial charge in [0.25, 0.3) is 11.8 Å². The summed E-state index contributed by atoms with van der Waals surface area (Å²) >= 11 is 0. The summed E-state index contributed by atoms with van der Waals surface area (Å²) in [6, 6.07) is 4.29. The second-order valence-corrected chi connectivity index (χ2v) is 5.01. The number of amides is 2. The molecule has 1 aromatic carbocycles. The molecule has 1 aromatic rings. The van der Waals surface area contributed by atoms with Crippen molar-refractivity contribution >= 4 is 17.5 Å². The highest BCUT2D eigenvalue weighted by Crippen LogP contribution is 2.11. The zero-order valence-electron chi connectivity index (χ0n) is 12.5. The van der Waals surface area contributed by atoms with E-state index in [1.165, 1.54) is 18.2 Å². The standard InChI is InChI=1S/C14H21N3O6/c15-10-2-8(13(22)16-4-11(20)6-18)1-9(3-10)14(23)17-5-12(21)7-19/h1-3,11-12,18-21H,4-7,15H2,(H,16,22)(H,17,23)/p+1. The second kappa shape index (κ2) is 9.18. The minimum absolute atomic E-state index is 0.124. The van der Waals surface area contributed by atoms with Gasteiger partial charge < -0.3 is 36.8 Å². The van der Waals surface area contributed by atoms with Gasteiger partial charge in [-0.05, 0) is 6.07 Å². The van der Waals surface area contributed by atoms with E-state index in [1.807, 2.05) is 0 Å². The Balaban J connectivity index is 2.78. The molecule has 2 unspecified atom stereocenters. The molecule has 9 N–H and O–H groups in total. The maximum absolute atomic E-state index is 12.0. The van der Waals surface area contributed by atoms with E-state index in [9.17, 15) is 19.8 Å².